The number of fused-ring (bicyclic) bond motifs is 1. The van der Waals surface area contributed by atoms with Gasteiger partial charge in [0.15, 0.2) is 15.0 Å². The van der Waals surface area contributed by atoms with Crippen molar-refractivity contribution in [2.24, 2.45) is 4.99 Å². The number of carbonyl (C=O) groups is 1. The second kappa shape index (κ2) is 7.84. The number of amidine groups is 1. The molecule has 1 N–H and O–H groups in total. The van der Waals surface area contributed by atoms with Gasteiger partial charge in [-0.2, -0.15) is 0 Å². The minimum Gasteiger partial charge on any atom is -0.325 e. The van der Waals surface area contributed by atoms with Crippen LogP contribution in [0.2, 0.25) is 0 Å². The van der Waals surface area contributed by atoms with Crippen LogP contribution in [0.5, 0.6) is 0 Å². The van der Waals surface area contributed by atoms with Crippen LogP contribution in [-0.2, 0) is 14.6 Å². The van der Waals surface area contributed by atoms with Crippen LogP contribution in [0.3, 0.4) is 0 Å². The molecule has 0 radical (unpaired) electrons. The van der Waals surface area contributed by atoms with E-state index in [-0.39, 0.29) is 35.2 Å². The van der Waals surface area contributed by atoms with Crippen molar-refractivity contribution in [3.63, 3.8) is 0 Å². The molecule has 2 aliphatic heterocycles. The Bertz CT molecular complexity index is 1070. The fourth-order valence-electron chi connectivity index (χ4n) is 3.71. The molecule has 152 valence electrons. The van der Waals surface area contributed by atoms with Crippen LogP contribution in [0.4, 0.5) is 11.4 Å². The van der Waals surface area contributed by atoms with Gasteiger partial charge in [0.05, 0.1) is 29.3 Å². The van der Waals surface area contributed by atoms with E-state index in [1.165, 1.54) is 11.8 Å². The highest BCUT2D eigenvalue weighted by molar-refractivity contribution is 8.14. The zero-order valence-electron chi connectivity index (χ0n) is 16.3. The zero-order valence-corrected chi connectivity index (χ0v) is 18.0. The van der Waals surface area contributed by atoms with Crippen molar-refractivity contribution < 1.29 is 13.2 Å². The normalized spacial score (nSPS) is 22.3. The molecule has 29 heavy (non-hydrogen) atoms. The van der Waals surface area contributed by atoms with E-state index in [1.54, 1.807) is 0 Å². The van der Waals surface area contributed by atoms with E-state index in [4.69, 9.17) is 0 Å². The minimum absolute atomic E-state index is 0.0692. The van der Waals surface area contributed by atoms with Gasteiger partial charge in [-0.05, 0) is 43.2 Å². The summed E-state index contributed by atoms with van der Waals surface area (Å²) in [5, 5.41) is 3.67. The monoisotopic (exact) mass is 429 g/mol. The summed E-state index contributed by atoms with van der Waals surface area (Å²) in [7, 11) is -3.09. The van der Waals surface area contributed by atoms with Gasteiger partial charge in [-0.3, -0.25) is 9.79 Å². The molecule has 0 aromatic heterocycles. The molecule has 2 unspecified atom stereocenters. The fraction of sp³-hybridized carbons (Fsp3) is 0.333. The number of thioether (sulfide) groups is 1. The smallest absolute Gasteiger partial charge is 0.234 e. The summed E-state index contributed by atoms with van der Waals surface area (Å²) in [5.41, 5.74) is 3.81. The van der Waals surface area contributed by atoms with E-state index in [0.29, 0.717) is 5.17 Å². The van der Waals surface area contributed by atoms with Crippen molar-refractivity contribution in [3.05, 3.63) is 59.7 Å². The largest absolute Gasteiger partial charge is 0.325 e. The first-order valence-corrected chi connectivity index (χ1v) is 12.3. The average Bonchev–Trinajstić information content (AvgIpc) is 3.14. The van der Waals surface area contributed by atoms with Crippen LogP contribution < -0.4 is 10.2 Å². The first-order chi connectivity index (χ1) is 13.8. The number of nitrogens with one attached hydrogen (secondary N) is 1. The zero-order chi connectivity index (χ0) is 20.6. The van der Waals surface area contributed by atoms with E-state index in [0.717, 1.165) is 22.5 Å². The quantitative estimate of drug-likeness (QED) is 0.808. The molecule has 0 saturated carbocycles. The molecule has 2 heterocycles. The number of nitrogens with zero attached hydrogens (tertiary/aromatic N) is 2. The van der Waals surface area contributed by atoms with Gasteiger partial charge >= 0.3 is 0 Å². The standard InChI is InChI=1S/C21H23N3O3S2/c1-14-8-9-15(2)17(10-14)22-20(25)11-28-21-23-18-12-29(26,27)13-19(18)24(21)16-6-4-3-5-7-16/h3-10,18-19H,11-13H2,1-2H3,(H,22,25). The Balaban J connectivity index is 1.49. The summed E-state index contributed by atoms with van der Waals surface area (Å²) >= 11 is 1.35. The third-order valence-corrected chi connectivity index (χ3v) is 7.81. The molecule has 8 heteroatoms. The number of aliphatic imine (C=N–C) groups is 1. The number of anilines is 2. The molecule has 0 aliphatic carbocycles. The van der Waals surface area contributed by atoms with Gasteiger partial charge in [0.1, 0.15) is 0 Å². The molecule has 0 spiro atoms. The van der Waals surface area contributed by atoms with E-state index in [9.17, 15) is 13.2 Å². The summed E-state index contributed by atoms with van der Waals surface area (Å²) in [6.45, 7) is 3.95. The van der Waals surface area contributed by atoms with Gasteiger partial charge in [0.2, 0.25) is 5.91 Å². The molecule has 1 fully saturated rings. The Hall–Kier alpha value is -2.32. The molecule has 6 nitrogen and oxygen atoms in total. The van der Waals surface area contributed by atoms with Gasteiger partial charge in [-0.25, -0.2) is 8.42 Å². The number of para-hydroxylation sites is 1. The lowest BCUT2D eigenvalue weighted by atomic mass is 10.1. The highest BCUT2D eigenvalue weighted by atomic mass is 32.2. The number of rotatable bonds is 4. The molecular formula is C21H23N3O3S2. The lowest BCUT2D eigenvalue weighted by Gasteiger charge is -2.26. The van der Waals surface area contributed by atoms with Crippen LogP contribution >= 0.6 is 11.8 Å². The molecule has 2 aliphatic rings. The Morgan fingerprint density at radius 1 is 1.17 bits per heavy atom. The molecular weight excluding hydrogens is 406 g/mol. The number of hydrogen-bond donors (Lipinski definition) is 1. The highest BCUT2D eigenvalue weighted by Gasteiger charge is 2.47. The van der Waals surface area contributed by atoms with Crippen molar-refractivity contribution in [1.82, 2.24) is 0 Å². The van der Waals surface area contributed by atoms with Crippen molar-refractivity contribution in [3.8, 4) is 0 Å². The average molecular weight is 430 g/mol. The second-order valence-electron chi connectivity index (χ2n) is 7.48. The number of hydrogen-bond acceptors (Lipinski definition) is 6. The van der Waals surface area contributed by atoms with Gasteiger partial charge < -0.3 is 10.2 Å². The molecule has 0 bridgehead atoms. The van der Waals surface area contributed by atoms with Crippen LogP contribution in [0.1, 0.15) is 11.1 Å². The molecule has 2 aromatic carbocycles. The summed E-state index contributed by atoms with van der Waals surface area (Å²) in [4.78, 5) is 19.2. The van der Waals surface area contributed by atoms with Gasteiger partial charge in [0, 0.05) is 11.4 Å². The molecule has 2 aromatic rings. The summed E-state index contributed by atoms with van der Waals surface area (Å²) in [6, 6.07) is 15.1. The van der Waals surface area contributed by atoms with Crippen molar-refractivity contribution in [2.45, 2.75) is 25.9 Å². The van der Waals surface area contributed by atoms with E-state index < -0.39 is 9.84 Å². The predicted octanol–water partition coefficient (Wildman–Crippen LogP) is 3.02. The van der Waals surface area contributed by atoms with Crippen LogP contribution in [0.15, 0.2) is 53.5 Å². The number of benzene rings is 2. The fourth-order valence-corrected chi connectivity index (χ4v) is 6.48. The molecule has 1 saturated heterocycles. The van der Waals surface area contributed by atoms with Gasteiger partial charge in [0.25, 0.3) is 0 Å². The maximum Gasteiger partial charge on any atom is 0.234 e. The first kappa shape index (κ1) is 20.0. The molecule has 2 atom stereocenters. The number of carbonyl (C=O) groups excluding carboxylic acids is 1. The number of aryl methyl sites for hydroxylation is 2. The van der Waals surface area contributed by atoms with Crippen LogP contribution in [0, 0.1) is 13.8 Å². The van der Waals surface area contributed by atoms with E-state index in [2.05, 4.69) is 10.3 Å². The van der Waals surface area contributed by atoms with Crippen molar-refractivity contribution in [1.29, 1.82) is 0 Å². The molecule has 4 rings (SSSR count). The Morgan fingerprint density at radius 2 is 1.93 bits per heavy atom. The van der Waals surface area contributed by atoms with E-state index >= 15 is 0 Å². The summed E-state index contributed by atoms with van der Waals surface area (Å²) in [6.07, 6.45) is 0. The van der Waals surface area contributed by atoms with Crippen LogP contribution in [-0.4, -0.2) is 48.8 Å². The number of sulfone groups is 1. The predicted molar refractivity (Wildman–Crippen MR) is 120 cm³/mol. The van der Waals surface area contributed by atoms with Gasteiger partial charge in [-0.1, -0.05) is 42.1 Å². The van der Waals surface area contributed by atoms with Crippen LogP contribution in [0.25, 0.3) is 0 Å². The number of amides is 1. The Morgan fingerprint density at radius 3 is 2.69 bits per heavy atom. The topological polar surface area (TPSA) is 78.8 Å². The third-order valence-electron chi connectivity index (χ3n) is 5.14. The summed E-state index contributed by atoms with van der Waals surface area (Å²) < 4.78 is 24.2. The highest BCUT2D eigenvalue weighted by Crippen LogP contribution is 2.35. The minimum atomic E-state index is -3.09. The summed E-state index contributed by atoms with van der Waals surface area (Å²) in [5.74, 6) is 0.264. The first-order valence-electron chi connectivity index (χ1n) is 9.45. The lowest BCUT2D eigenvalue weighted by molar-refractivity contribution is -0.113. The lowest BCUT2D eigenvalue weighted by Crippen LogP contribution is -2.39. The van der Waals surface area contributed by atoms with Crippen molar-refractivity contribution in [2.75, 3.05) is 27.5 Å². The Kier molecular flexibility index (Phi) is 5.40. The SMILES string of the molecule is Cc1ccc(C)c(NC(=O)CSC2=NC3CS(=O)(=O)CC3N2c2ccccc2)c1. The maximum atomic E-state index is 12.5. The van der Waals surface area contributed by atoms with E-state index in [1.807, 2.05) is 67.3 Å². The van der Waals surface area contributed by atoms with Crippen molar-refractivity contribution >= 4 is 44.0 Å². The van der Waals surface area contributed by atoms with Gasteiger partial charge in [-0.15, -0.1) is 0 Å². The Labute approximate surface area is 175 Å². The maximum absolute atomic E-state index is 12.5. The third kappa shape index (κ3) is 4.33. The second-order valence-corrected chi connectivity index (χ2v) is 10.6. The molecule has 1 amide bonds.